The van der Waals surface area contributed by atoms with Crippen LogP contribution in [0.4, 0.5) is 0 Å². The first kappa shape index (κ1) is 21.4. The van der Waals surface area contributed by atoms with Crippen molar-refractivity contribution in [2.45, 2.75) is 31.8 Å². The highest BCUT2D eigenvalue weighted by molar-refractivity contribution is 7.99. The van der Waals surface area contributed by atoms with Crippen LogP contribution in [-0.4, -0.2) is 51.0 Å². The third-order valence-corrected chi connectivity index (χ3v) is 6.45. The van der Waals surface area contributed by atoms with E-state index in [1.165, 1.54) is 11.8 Å². The summed E-state index contributed by atoms with van der Waals surface area (Å²) in [5.74, 6) is 2.81. The van der Waals surface area contributed by atoms with Gasteiger partial charge in [0.25, 0.3) is 0 Å². The zero-order valence-corrected chi connectivity index (χ0v) is 18.8. The maximum absolute atomic E-state index is 12.8. The van der Waals surface area contributed by atoms with Crippen LogP contribution < -0.4 is 4.74 Å². The van der Waals surface area contributed by atoms with E-state index in [1.54, 1.807) is 0 Å². The summed E-state index contributed by atoms with van der Waals surface area (Å²) in [7, 11) is 0. The highest BCUT2D eigenvalue weighted by Gasteiger charge is 2.22. The molecule has 4 rings (SSSR count). The second kappa shape index (κ2) is 10.0. The van der Waals surface area contributed by atoms with E-state index in [9.17, 15) is 4.79 Å². The number of hydrogen-bond donors (Lipinski definition) is 0. The molecule has 6 nitrogen and oxygen atoms in total. The molecule has 0 spiro atoms. The summed E-state index contributed by atoms with van der Waals surface area (Å²) >= 11 is 1.44. The molecule has 0 saturated carbocycles. The topological polar surface area (TPSA) is 60.2 Å². The van der Waals surface area contributed by atoms with E-state index in [-0.39, 0.29) is 5.91 Å². The zero-order chi connectivity index (χ0) is 21.6. The van der Waals surface area contributed by atoms with Gasteiger partial charge in [0.05, 0.1) is 12.4 Å². The summed E-state index contributed by atoms with van der Waals surface area (Å²) in [6.07, 6.45) is 2.16. The fourth-order valence-corrected chi connectivity index (χ4v) is 4.56. The SMILES string of the molecule is CCOc1ccc(-n2c(SCC(=O)N3CCC(C)CC3)nnc2-c2ccccc2)cc1. The number of thioether (sulfide) groups is 1. The molecule has 0 aliphatic carbocycles. The number of nitrogens with zero attached hydrogens (tertiary/aromatic N) is 4. The monoisotopic (exact) mass is 436 g/mol. The third-order valence-electron chi connectivity index (χ3n) is 5.53. The molecule has 3 aromatic rings. The Morgan fingerprint density at radius 1 is 1.06 bits per heavy atom. The number of likely N-dealkylation sites (tertiary alicyclic amines) is 1. The van der Waals surface area contributed by atoms with Crippen LogP contribution in [0.25, 0.3) is 17.1 Å². The van der Waals surface area contributed by atoms with Crippen molar-refractivity contribution in [2.75, 3.05) is 25.4 Å². The molecule has 162 valence electrons. The normalized spacial score (nSPS) is 14.6. The van der Waals surface area contributed by atoms with Crippen molar-refractivity contribution in [2.24, 2.45) is 5.92 Å². The highest BCUT2D eigenvalue weighted by Crippen LogP contribution is 2.29. The second-order valence-electron chi connectivity index (χ2n) is 7.79. The molecule has 2 aromatic carbocycles. The van der Waals surface area contributed by atoms with E-state index in [0.29, 0.717) is 23.4 Å². The summed E-state index contributed by atoms with van der Waals surface area (Å²) in [5.41, 5.74) is 1.92. The van der Waals surface area contributed by atoms with Gasteiger partial charge in [0, 0.05) is 24.3 Å². The summed E-state index contributed by atoms with van der Waals surface area (Å²) in [6, 6.07) is 17.9. The molecule has 0 unspecified atom stereocenters. The molecule has 1 aliphatic heterocycles. The van der Waals surface area contributed by atoms with E-state index in [0.717, 1.165) is 48.8 Å². The summed E-state index contributed by atoms with van der Waals surface area (Å²) in [6.45, 7) is 6.54. The van der Waals surface area contributed by atoms with Gasteiger partial charge < -0.3 is 9.64 Å². The largest absolute Gasteiger partial charge is 0.494 e. The third kappa shape index (κ3) is 5.10. The molecule has 1 saturated heterocycles. The predicted octanol–water partition coefficient (Wildman–Crippen LogP) is 4.68. The Balaban J connectivity index is 1.58. The van der Waals surface area contributed by atoms with E-state index in [2.05, 4.69) is 17.1 Å². The molecule has 0 bridgehead atoms. The number of carbonyl (C=O) groups excluding carboxylic acids is 1. The predicted molar refractivity (Wildman–Crippen MR) is 124 cm³/mol. The Bertz CT molecular complexity index is 996. The molecule has 0 N–H and O–H groups in total. The van der Waals surface area contributed by atoms with Crippen molar-refractivity contribution in [1.82, 2.24) is 19.7 Å². The fourth-order valence-electron chi connectivity index (χ4n) is 3.70. The Labute approximate surface area is 187 Å². The van der Waals surface area contributed by atoms with Gasteiger partial charge in [-0.2, -0.15) is 0 Å². The number of ether oxygens (including phenoxy) is 1. The molecule has 7 heteroatoms. The number of rotatable bonds is 7. The van der Waals surface area contributed by atoms with Crippen molar-refractivity contribution in [3.05, 3.63) is 54.6 Å². The number of benzene rings is 2. The second-order valence-corrected chi connectivity index (χ2v) is 8.73. The van der Waals surface area contributed by atoms with E-state index >= 15 is 0 Å². The van der Waals surface area contributed by atoms with Gasteiger partial charge in [0.2, 0.25) is 5.91 Å². The summed E-state index contributed by atoms with van der Waals surface area (Å²) in [5, 5.41) is 9.60. The minimum Gasteiger partial charge on any atom is -0.494 e. The molecule has 1 aromatic heterocycles. The molecule has 2 heterocycles. The molecule has 0 radical (unpaired) electrons. The van der Waals surface area contributed by atoms with Crippen LogP contribution >= 0.6 is 11.8 Å². The molecule has 1 amide bonds. The van der Waals surface area contributed by atoms with Crippen LogP contribution in [-0.2, 0) is 4.79 Å². The minimum atomic E-state index is 0.166. The van der Waals surface area contributed by atoms with Gasteiger partial charge in [-0.1, -0.05) is 49.0 Å². The van der Waals surface area contributed by atoms with Gasteiger partial charge in [-0.15, -0.1) is 10.2 Å². The lowest BCUT2D eigenvalue weighted by molar-refractivity contribution is -0.129. The van der Waals surface area contributed by atoms with E-state index in [1.807, 2.05) is 71.0 Å². The molecule has 1 aliphatic rings. The van der Waals surface area contributed by atoms with Crippen LogP contribution in [0.1, 0.15) is 26.7 Å². The number of piperidine rings is 1. The lowest BCUT2D eigenvalue weighted by Gasteiger charge is -2.30. The smallest absolute Gasteiger partial charge is 0.233 e. The van der Waals surface area contributed by atoms with Gasteiger partial charge in [-0.25, -0.2) is 0 Å². The average Bonchev–Trinajstić information content (AvgIpc) is 3.23. The van der Waals surface area contributed by atoms with Crippen LogP contribution in [0.15, 0.2) is 59.8 Å². The van der Waals surface area contributed by atoms with Gasteiger partial charge in [0.15, 0.2) is 11.0 Å². The average molecular weight is 437 g/mol. The van der Waals surface area contributed by atoms with Crippen LogP contribution in [0.3, 0.4) is 0 Å². The van der Waals surface area contributed by atoms with E-state index < -0.39 is 0 Å². The molecule has 1 fully saturated rings. The quantitative estimate of drug-likeness (QED) is 0.503. The fraction of sp³-hybridized carbons (Fsp3) is 0.375. The van der Waals surface area contributed by atoms with Gasteiger partial charge >= 0.3 is 0 Å². The maximum Gasteiger partial charge on any atom is 0.233 e. The van der Waals surface area contributed by atoms with Gasteiger partial charge in [-0.05, 0) is 49.9 Å². The zero-order valence-electron chi connectivity index (χ0n) is 18.0. The van der Waals surface area contributed by atoms with E-state index in [4.69, 9.17) is 4.74 Å². The van der Waals surface area contributed by atoms with Crippen LogP contribution in [0.2, 0.25) is 0 Å². The number of hydrogen-bond acceptors (Lipinski definition) is 5. The summed E-state index contributed by atoms with van der Waals surface area (Å²) in [4.78, 5) is 14.7. The Morgan fingerprint density at radius 2 is 1.77 bits per heavy atom. The van der Waals surface area contributed by atoms with Crippen molar-refractivity contribution in [1.29, 1.82) is 0 Å². The molecule has 0 atom stereocenters. The standard InChI is InChI=1S/C24H28N4O2S/c1-3-30-21-11-9-20(10-12-21)28-23(19-7-5-4-6-8-19)25-26-24(28)31-17-22(29)27-15-13-18(2)14-16-27/h4-12,18H,3,13-17H2,1-2H3. The molecular weight excluding hydrogens is 408 g/mol. The highest BCUT2D eigenvalue weighted by atomic mass is 32.2. The molecular formula is C24H28N4O2S. The van der Waals surface area contributed by atoms with Gasteiger partial charge in [-0.3, -0.25) is 9.36 Å². The maximum atomic E-state index is 12.8. The van der Waals surface area contributed by atoms with Crippen molar-refractivity contribution >= 4 is 17.7 Å². The number of carbonyl (C=O) groups is 1. The lowest BCUT2D eigenvalue weighted by atomic mass is 9.99. The first-order valence-corrected chi connectivity index (χ1v) is 11.8. The van der Waals surface area contributed by atoms with Crippen LogP contribution in [0, 0.1) is 5.92 Å². The lowest BCUT2D eigenvalue weighted by Crippen LogP contribution is -2.38. The van der Waals surface area contributed by atoms with Gasteiger partial charge in [0.1, 0.15) is 5.75 Å². The first-order chi connectivity index (χ1) is 15.2. The first-order valence-electron chi connectivity index (χ1n) is 10.8. The van der Waals surface area contributed by atoms with Crippen molar-refractivity contribution < 1.29 is 9.53 Å². The van der Waals surface area contributed by atoms with Crippen molar-refractivity contribution in [3.8, 4) is 22.8 Å². The Kier molecular flexibility index (Phi) is 6.92. The number of aromatic nitrogens is 3. The molecule has 31 heavy (non-hydrogen) atoms. The van der Waals surface area contributed by atoms with Crippen LogP contribution in [0.5, 0.6) is 5.75 Å². The summed E-state index contributed by atoms with van der Waals surface area (Å²) < 4.78 is 7.60. The number of amides is 1. The Morgan fingerprint density at radius 3 is 2.45 bits per heavy atom. The minimum absolute atomic E-state index is 0.166. The Hall–Kier alpha value is -2.80. The van der Waals surface area contributed by atoms with Crippen molar-refractivity contribution in [3.63, 3.8) is 0 Å².